The van der Waals surface area contributed by atoms with E-state index in [1.807, 2.05) is 17.8 Å². The Morgan fingerprint density at radius 1 is 1.42 bits per heavy atom. The van der Waals surface area contributed by atoms with Crippen molar-refractivity contribution in [1.82, 2.24) is 15.1 Å². The summed E-state index contributed by atoms with van der Waals surface area (Å²) in [6.07, 6.45) is 1.65. The molecule has 0 bridgehead atoms. The van der Waals surface area contributed by atoms with Crippen LogP contribution in [0, 0.1) is 12.8 Å². The summed E-state index contributed by atoms with van der Waals surface area (Å²) >= 11 is 0. The van der Waals surface area contributed by atoms with Gasteiger partial charge in [-0.3, -0.25) is 4.68 Å². The zero-order valence-corrected chi connectivity index (χ0v) is 11.1. The molecule has 1 aromatic heterocycles. The second-order valence-corrected chi connectivity index (χ2v) is 5.34. The fourth-order valence-corrected chi connectivity index (χ4v) is 2.64. The minimum Gasteiger partial charge on any atom is -0.312 e. The molecular weight excluding hydrogens is 255 g/mol. The maximum atomic E-state index is 12.7. The quantitative estimate of drug-likeness (QED) is 0.915. The van der Waals surface area contributed by atoms with Gasteiger partial charge in [-0.25, -0.2) is 0 Å². The number of alkyl halides is 3. The van der Waals surface area contributed by atoms with E-state index in [9.17, 15) is 13.2 Å². The first-order valence-electron chi connectivity index (χ1n) is 6.74. The van der Waals surface area contributed by atoms with Gasteiger partial charge in [0, 0.05) is 18.8 Å². The Balaban J connectivity index is 1.74. The van der Waals surface area contributed by atoms with E-state index in [4.69, 9.17) is 0 Å². The zero-order valence-electron chi connectivity index (χ0n) is 11.1. The highest BCUT2D eigenvalue weighted by molar-refractivity contribution is 4.99. The van der Waals surface area contributed by atoms with Crippen molar-refractivity contribution < 1.29 is 13.2 Å². The molecule has 0 radical (unpaired) electrons. The molecule has 3 nitrogen and oxygen atoms in total. The molecule has 0 saturated heterocycles. The molecule has 1 heterocycles. The Labute approximate surface area is 111 Å². The van der Waals surface area contributed by atoms with E-state index < -0.39 is 12.1 Å². The van der Waals surface area contributed by atoms with Gasteiger partial charge in [-0.1, -0.05) is 6.42 Å². The van der Waals surface area contributed by atoms with Crippen molar-refractivity contribution in [2.24, 2.45) is 5.92 Å². The van der Waals surface area contributed by atoms with Crippen LogP contribution in [0.3, 0.4) is 0 Å². The third kappa shape index (κ3) is 4.23. The first-order chi connectivity index (χ1) is 8.95. The number of aryl methyl sites for hydroxylation is 1. The molecule has 2 unspecified atom stereocenters. The lowest BCUT2D eigenvalue weighted by Crippen LogP contribution is -2.39. The molecule has 0 spiro atoms. The van der Waals surface area contributed by atoms with Crippen molar-refractivity contribution in [1.29, 1.82) is 0 Å². The summed E-state index contributed by atoms with van der Waals surface area (Å²) < 4.78 is 39.8. The van der Waals surface area contributed by atoms with Crippen LogP contribution in [0.25, 0.3) is 0 Å². The first kappa shape index (κ1) is 14.4. The average molecular weight is 275 g/mol. The topological polar surface area (TPSA) is 29.9 Å². The van der Waals surface area contributed by atoms with Gasteiger partial charge >= 0.3 is 6.18 Å². The molecule has 1 saturated carbocycles. The van der Waals surface area contributed by atoms with Crippen LogP contribution in [0.5, 0.6) is 0 Å². The first-order valence-corrected chi connectivity index (χ1v) is 6.74. The molecule has 1 aliphatic rings. The molecule has 0 amide bonds. The number of aromatic nitrogens is 2. The summed E-state index contributed by atoms with van der Waals surface area (Å²) in [7, 11) is 0. The second-order valence-electron chi connectivity index (χ2n) is 5.34. The molecule has 1 N–H and O–H groups in total. The fraction of sp³-hybridized carbons (Fsp3) is 0.769. The van der Waals surface area contributed by atoms with Crippen molar-refractivity contribution >= 4 is 0 Å². The summed E-state index contributed by atoms with van der Waals surface area (Å²) in [4.78, 5) is 0. The highest BCUT2D eigenvalue weighted by atomic mass is 19.4. The second kappa shape index (κ2) is 5.94. The minimum absolute atomic E-state index is 0.0166. The molecular formula is C13H20F3N3. The molecule has 2 atom stereocenters. The van der Waals surface area contributed by atoms with Gasteiger partial charge in [0.15, 0.2) is 0 Å². The average Bonchev–Trinajstić information content (AvgIpc) is 2.74. The van der Waals surface area contributed by atoms with Crippen molar-refractivity contribution in [2.45, 2.75) is 51.4 Å². The van der Waals surface area contributed by atoms with E-state index in [2.05, 4.69) is 10.4 Å². The van der Waals surface area contributed by atoms with Gasteiger partial charge in [-0.15, -0.1) is 0 Å². The van der Waals surface area contributed by atoms with E-state index in [1.165, 1.54) is 0 Å². The number of nitrogens with one attached hydrogen (secondary N) is 1. The zero-order chi connectivity index (χ0) is 13.9. The van der Waals surface area contributed by atoms with Gasteiger partial charge in [0.25, 0.3) is 0 Å². The van der Waals surface area contributed by atoms with Crippen molar-refractivity contribution in [2.75, 3.05) is 6.54 Å². The monoisotopic (exact) mass is 275 g/mol. The number of rotatable bonds is 4. The smallest absolute Gasteiger partial charge is 0.312 e. The van der Waals surface area contributed by atoms with Gasteiger partial charge in [-0.05, 0) is 31.7 Å². The molecule has 2 rings (SSSR count). The lowest BCUT2D eigenvalue weighted by atomic mass is 9.85. The molecule has 108 valence electrons. The summed E-state index contributed by atoms with van der Waals surface area (Å²) in [5, 5.41) is 7.37. The van der Waals surface area contributed by atoms with Crippen molar-refractivity contribution in [3.63, 3.8) is 0 Å². The largest absolute Gasteiger partial charge is 0.391 e. The maximum Gasteiger partial charge on any atom is 0.391 e. The summed E-state index contributed by atoms with van der Waals surface area (Å²) in [6, 6.07) is -0.0166. The Hall–Kier alpha value is -1.04. The molecule has 0 aromatic carbocycles. The van der Waals surface area contributed by atoms with Crippen LogP contribution in [0.2, 0.25) is 0 Å². The number of nitrogens with zero attached hydrogens (tertiary/aromatic N) is 2. The Bertz CT molecular complexity index is 400. The fourth-order valence-electron chi connectivity index (χ4n) is 2.64. The Morgan fingerprint density at radius 3 is 2.84 bits per heavy atom. The lowest BCUT2D eigenvalue weighted by Gasteiger charge is -2.31. The lowest BCUT2D eigenvalue weighted by molar-refractivity contribution is -0.183. The SMILES string of the molecule is Cc1cnn(CCNC2CCCC(C(F)(F)F)C2)c1. The van der Waals surface area contributed by atoms with E-state index >= 15 is 0 Å². The van der Waals surface area contributed by atoms with Crippen LogP contribution < -0.4 is 5.32 Å². The van der Waals surface area contributed by atoms with Gasteiger partial charge < -0.3 is 5.32 Å². The van der Waals surface area contributed by atoms with E-state index in [-0.39, 0.29) is 18.9 Å². The number of hydrogen-bond donors (Lipinski definition) is 1. The van der Waals surface area contributed by atoms with Crippen LogP contribution >= 0.6 is 0 Å². The summed E-state index contributed by atoms with van der Waals surface area (Å²) in [6.45, 7) is 3.32. The van der Waals surface area contributed by atoms with Gasteiger partial charge in [-0.2, -0.15) is 18.3 Å². The van der Waals surface area contributed by atoms with Crippen LogP contribution in [0.15, 0.2) is 12.4 Å². The van der Waals surface area contributed by atoms with Gasteiger partial charge in [0.2, 0.25) is 0 Å². The van der Waals surface area contributed by atoms with Gasteiger partial charge in [0.05, 0.1) is 18.7 Å². The normalized spacial score (nSPS) is 24.6. The molecule has 19 heavy (non-hydrogen) atoms. The minimum atomic E-state index is -4.04. The van der Waals surface area contributed by atoms with Crippen molar-refractivity contribution in [3.05, 3.63) is 18.0 Å². The van der Waals surface area contributed by atoms with Crippen LogP contribution in [0.1, 0.15) is 31.2 Å². The third-order valence-electron chi connectivity index (χ3n) is 3.67. The Morgan fingerprint density at radius 2 is 2.21 bits per heavy atom. The number of halogens is 3. The predicted molar refractivity (Wildman–Crippen MR) is 66.8 cm³/mol. The molecule has 1 fully saturated rings. The highest BCUT2D eigenvalue weighted by Crippen LogP contribution is 2.37. The van der Waals surface area contributed by atoms with Crippen LogP contribution in [0.4, 0.5) is 13.2 Å². The van der Waals surface area contributed by atoms with E-state index in [1.54, 1.807) is 6.20 Å². The predicted octanol–water partition coefficient (Wildman–Crippen LogP) is 2.90. The summed E-state index contributed by atoms with van der Waals surface area (Å²) in [5.74, 6) is -1.13. The third-order valence-corrected chi connectivity index (χ3v) is 3.67. The van der Waals surface area contributed by atoms with Crippen LogP contribution in [-0.2, 0) is 6.54 Å². The highest BCUT2D eigenvalue weighted by Gasteiger charge is 2.41. The van der Waals surface area contributed by atoms with Crippen molar-refractivity contribution in [3.8, 4) is 0 Å². The summed E-state index contributed by atoms with van der Waals surface area (Å²) in [5.41, 5.74) is 1.09. The maximum absolute atomic E-state index is 12.7. The van der Waals surface area contributed by atoms with Crippen LogP contribution in [-0.4, -0.2) is 28.5 Å². The Kier molecular flexibility index (Phi) is 4.50. The molecule has 0 aliphatic heterocycles. The molecule has 6 heteroatoms. The number of hydrogen-bond acceptors (Lipinski definition) is 2. The molecule has 1 aromatic rings. The van der Waals surface area contributed by atoms with E-state index in [0.29, 0.717) is 19.5 Å². The molecule has 1 aliphatic carbocycles. The standard InChI is InChI=1S/C13H20F3N3/c1-10-8-18-19(9-10)6-5-17-12-4-2-3-11(7-12)13(14,15)16/h8-9,11-12,17H,2-7H2,1H3. The van der Waals surface area contributed by atoms with E-state index in [0.717, 1.165) is 12.0 Å². The van der Waals surface area contributed by atoms with Gasteiger partial charge in [0.1, 0.15) is 0 Å².